The zero-order valence-electron chi connectivity index (χ0n) is 19.0. The van der Waals surface area contributed by atoms with E-state index in [4.69, 9.17) is 32.7 Å². The first-order valence-corrected chi connectivity index (χ1v) is 12.0. The molecule has 1 N–H and O–H groups in total. The molecule has 1 aliphatic rings. The highest BCUT2D eigenvalue weighted by Crippen LogP contribution is 2.25. The number of carbonyl (C=O) groups excluding carboxylic acids is 2. The maximum atomic E-state index is 13.3. The fourth-order valence-corrected chi connectivity index (χ4v) is 4.49. The number of hydrogen-bond acceptors (Lipinski definition) is 4. The average Bonchev–Trinajstić information content (AvgIpc) is 3.32. The minimum atomic E-state index is -0.635. The normalized spacial score (nSPS) is 14.5. The van der Waals surface area contributed by atoms with Crippen molar-refractivity contribution in [1.82, 2.24) is 10.2 Å². The van der Waals surface area contributed by atoms with Gasteiger partial charge in [-0.25, -0.2) is 0 Å². The Bertz CT molecular complexity index is 946. The van der Waals surface area contributed by atoms with Crippen LogP contribution in [0.15, 0.2) is 42.5 Å². The van der Waals surface area contributed by atoms with Crippen LogP contribution in [0.5, 0.6) is 11.5 Å². The number of methoxy groups -OCH3 is 1. The molecule has 0 aromatic heterocycles. The van der Waals surface area contributed by atoms with Gasteiger partial charge in [-0.1, -0.05) is 49.0 Å². The van der Waals surface area contributed by atoms with Crippen molar-refractivity contribution in [2.24, 2.45) is 0 Å². The lowest BCUT2D eigenvalue weighted by Gasteiger charge is -2.31. The summed E-state index contributed by atoms with van der Waals surface area (Å²) in [4.78, 5) is 28.0. The lowest BCUT2D eigenvalue weighted by molar-refractivity contribution is -0.143. The first-order valence-electron chi connectivity index (χ1n) is 11.2. The van der Waals surface area contributed by atoms with Crippen LogP contribution in [0.2, 0.25) is 10.0 Å². The molecule has 1 fully saturated rings. The molecule has 6 nitrogen and oxygen atoms in total. The molecule has 0 bridgehead atoms. The molecule has 178 valence electrons. The monoisotopic (exact) mass is 492 g/mol. The molecule has 0 heterocycles. The molecule has 33 heavy (non-hydrogen) atoms. The molecule has 0 aliphatic heterocycles. The number of rotatable bonds is 10. The van der Waals surface area contributed by atoms with Gasteiger partial charge in [-0.2, -0.15) is 0 Å². The van der Waals surface area contributed by atoms with Crippen molar-refractivity contribution < 1.29 is 19.1 Å². The summed E-state index contributed by atoms with van der Waals surface area (Å²) in [6.45, 7) is 1.87. The van der Waals surface area contributed by atoms with E-state index in [1.807, 2.05) is 6.92 Å². The van der Waals surface area contributed by atoms with Gasteiger partial charge in [0.05, 0.1) is 7.11 Å². The van der Waals surface area contributed by atoms with E-state index in [0.29, 0.717) is 33.5 Å². The number of nitrogens with one attached hydrogen (secondary N) is 1. The first-order chi connectivity index (χ1) is 15.9. The minimum Gasteiger partial charge on any atom is -0.497 e. The van der Waals surface area contributed by atoms with Crippen molar-refractivity contribution in [3.05, 3.63) is 58.1 Å². The molecule has 1 unspecified atom stereocenters. The second-order valence-electron chi connectivity index (χ2n) is 8.14. The Morgan fingerprint density at radius 3 is 2.36 bits per heavy atom. The van der Waals surface area contributed by atoms with Gasteiger partial charge in [0, 0.05) is 22.6 Å². The maximum absolute atomic E-state index is 13.3. The summed E-state index contributed by atoms with van der Waals surface area (Å²) in [5.41, 5.74) is 0.714. The van der Waals surface area contributed by atoms with Gasteiger partial charge < -0.3 is 19.7 Å². The van der Waals surface area contributed by atoms with Crippen LogP contribution >= 0.6 is 23.2 Å². The van der Waals surface area contributed by atoms with Crippen LogP contribution in [0.25, 0.3) is 0 Å². The van der Waals surface area contributed by atoms with Gasteiger partial charge in [-0.05, 0) is 61.2 Å². The summed E-state index contributed by atoms with van der Waals surface area (Å²) >= 11 is 12.4. The van der Waals surface area contributed by atoms with Gasteiger partial charge >= 0.3 is 0 Å². The van der Waals surface area contributed by atoms with Crippen molar-refractivity contribution >= 4 is 35.0 Å². The van der Waals surface area contributed by atoms with Crippen molar-refractivity contribution in [1.29, 1.82) is 0 Å². The number of benzene rings is 2. The van der Waals surface area contributed by atoms with Gasteiger partial charge in [0.15, 0.2) is 6.61 Å². The maximum Gasteiger partial charge on any atom is 0.261 e. The molecule has 0 saturated heterocycles. The number of ether oxygens (including phenoxy) is 2. The van der Waals surface area contributed by atoms with Crippen molar-refractivity contribution in [3.8, 4) is 11.5 Å². The molecule has 8 heteroatoms. The van der Waals surface area contributed by atoms with Gasteiger partial charge in [0.1, 0.15) is 17.5 Å². The van der Waals surface area contributed by atoms with E-state index in [1.54, 1.807) is 54.5 Å². The Morgan fingerprint density at radius 1 is 1.09 bits per heavy atom. The second-order valence-corrected chi connectivity index (χ2v) is 8.98. The van der Waals surface area contributed by atoms with Crippen LogP contribution in [0.3, 0.4) is 0 Å². The Kier molecular flexibility index (Phi) is 9.27. The number of amides is 2. The summed E-state index contributed by atoms with van der Waals surface area (Å²) in [6.07, 6.45) is 4.64. The summed E-state index contributed by atoms with van der Waals surface area (Å²) in [5.74, 6) is 0.789. The molecule has 3 rings (SSSR count). The zero-order valence-corrected chi connectivity index (χ0v) is 20.5. The Labute approximate surface area is 205 Å². The smallest absolute Gasteiger partial charge is 0.261 e. The minimum absolute atomic E-state index is 0.146. The van der Waals surface area contributed by atoms with E-state index in [1.165, 1.54) is 0 Å². The fourth-order valence-electron chi connectivity index (χ4n) is 4.02. The van der Waals surface area contributed by atoms with E-state index in [0.717, 1.165) is 25.7 Å². The van der Waals surface area contributed by atoms with E-state index >= 15 is 0 Å². The molecule has 2 aromatic rings. The summed E-state index contributed by atoms with van der Waals surface area (Å²) in [7, 11) is 1.58. The third-order valence-corrected chi connectivity index (χ3v) is 6.45. The van der Waals surface area contributed by atoms with Gasteiger partial charge in [-0.3, -0.25) is 9.59 Å². The van der Waals surface area contributed by atoms with Crippen LogP contribution < -0.4 is 14.8 Å². The van der Waals surface area contributed by atoms with Crippen molar-refractivity contribution in [2.45, 2.75) is 57.7 Å². The SMILES string of the molecule is CCC(C(=O)NC1CCCC1)N(Cc1ccc(Cl)cc1Cl)C(=O)COc1ccc(OC)cc1. The summed E-state index contributed by atoms with van der Waals surface area (Å²) in [5, 5.41) is 4.08. The average molecular weight is 493 g/mol. The number of carbonyl (C=O) groups is 2. The predicted molar refractivity (Wildman–Crippen MR) is 130 cm³/mol. The Morgan fingerprint density at radius 2 is 1.76 bits per heavy atom. The third kappa shape index (κ3) is 7.02. The largest absolute Gasteiger partial charge is 0.497 e. The topological polar surface area (TPSA) is 67.9 Å². The second kappa shape index (κ2) is 12.1. The lowest BCUT2D eigenvalue weighted by atomic mass is 10.1. The van der Waals surface area contributed by atoms with Crippen molar-refractivity contribution in [2.75, 3.05) is 13.7 Å². The van der Waals surface area contributed by atoms with Gasteiger partial charge in [-0.15, -0.1) is 0 Å². The highest BCUT2D eigenvalue weighted by Gasteiger charge is 2.31. The molecule has 1 aliphatic carbocycles. The lowest BCUT2D eigenvalue weighted by Crippen LogP contribution is -2.52. The standard InChI is InChI=1S/C25H30Cl2N2O4/c1-3-23(25(31)28-19-6-4-5-7-19)29(15-17-8-9-18(26)14-22(17)27)24(30)16-33-21-12-10-20(32-2)11-13-21/h8-14,19,23H,3-7,15-16H2,1-2H3,(H,28,31). The van der Waals surface area contributed by atoms with E-state index in [-0.39, 0.29) is 31.0 Å². The van der Waals surface area contributed by atoms with Crippen LogP contribution in [-0.4, -0.2) is 42.5 Å². The fraction of sp³-hybridized carbons (Fsp3) is 0.440. The van der Waals surface area contributed by atoms with Crippen LogP contribution in [0.4, 0.5) is 0 Å². The molecular formula is C25H30Cl2N2O4. The Balaban J connectivity index is 1.77. The molecule has 1 saturated carbocycles. The van der Waals surface area contributed by atoms with E-state index in [9.17, 15) is 9.59 Å². The van der Waals surface area contributed by atoms with Crippen LogP contribution in [0, 0.1) is 0 Å². The molecular weight excluding hydrogens is 463 g/mol. The third-order valence-electron chi connectivity index (χ3n) is 5.87. The molecule has 0 radical (unpaired) electrons. The van der Waals surface area contributed by atoms with Crippen LogP contribution in [-0.2, 0) is 16.1 Å². The molecule has 1 atom stereocenters. The number of nitrogens with zero attached hydrogens (tertiary/aromatic N) is 1. The number of hydrogen-bond donors (Lipinski definition) is 1. The highest BCUT2D eigenvalue weighted by molar-refractivity contribution is 6.35. The highest BCUT2D eigenvalue weighted by atomic mass is 35.5. The zero-order chi connectivity index (χ0) is 23.8. The predicted octanol–water partition coefficient (Wildman–Crippen LogP) is 5.25. The van der Waals surface area contributed by atoms with Gasteiger partial charge in [0.2, 0.25) is 5.91 Å². The van der Waals surface area contributed by atoms with E-state index < -0.39 is 6.04 Å². The first kappa shape index (κ1) is 25.2. The number of halogens is 2. The van der Waals surface area contributed by atoms with Gasteiger partial charge in [0.25, 0.3) is 5.91 Å². The Hall–Kier alpha value is -2.44. The molecule has 2 aromatic carbocycles. The van der Waals surface area contributed by atoms with Crippen molar-refractivity contribution in [3.63, 3.8) is 0 Å². The summed E-state index contributed by atoms with van der Waals surface area (Å²) in [6, 6.07) is 11.6. The van der Waals surface area contributed by atoms with Crippen LogP contribution in [0.1, 0.15) is 44.6 Å². The molecule has 0 spiro atoms. The van der Waals surface area contributed by atoms with E-state index in [2.05, 4.69) is 5.32 Å². The summed E-state index contributed by atoms with van der Waals surface area (Å²) < 4.78 is 10.9. The molecule has 2 amide bonds. The quantitative estimate of drug-likeness (QED) is 0.491.